The van der Waals surface area contributed by atoms with Crippen LogP contribution in [0.25, 0.3) is 0 Å². The van der Waals surface area contributed by atoms with Crippen molar-refractivity contribution < 1.29 is 0 Å². The van der Waals surface area contributed by atoms with Gasteiger partial charge in [-0.25, -0.2) is 9.97 Å². The lowest BCUT2D eigenvalue weighted by molar-refractivity contribution is 1.14. The predicted molar refractivity (Wildman–Crippen MR) is 67.0 cm³/mol. The molecule has 0 saturated carbocycles. The van der Waals surface area contributed by atoms with Crippen LogP contribution in [0.4, 0.5) is 11.5 Å². The molecule has 0 radical (unpaired) electrons. The Morgan fingerprint density at radius 2 is 2.13 bits per heavy atom. The van der Waals surface area contributed by atoms with Crippen molar-refractivity contribution in [3.8, 4) is 0 Å². The Morgan fingerprint density at radius 3 is 2.87 bits per heavy atom. The summed E-state index contributed by atoms with van der Waals surface area (Å²) in [5, 5.41) is 3.22. The molecule has 76 valence electrons. The number of nitrogens with zero attached hydrogens (tertiary/aromatic N) is 3. The molecule has 0 aliphatic carbocycles. The van der Waals surface area contributed by atoms with E-state index >= 15 is 0 Å². The summed E-state index contributed by atoms with van der Waals surface area (Å²) in [5.41, 5.74) is 2.11. The van der Waals surface area contributed by atoms with Crippen LogP contribution in [0.1, 0.15) is 5.56 Å². The SMILES string of the molecule is Cc1ccncc1Nc1ncncc1I. The zero-order valence-electron chi connectivity index (χ0n) is 8.11. The molecule has 4 nitrogen and oxygen atoms in total. The summed E-state index contributed by atoms with van der Waals surface area (Å²) in [6.07, 6.45) is 6.84. The van der Waals surface area contributed by atoms with E-state index in [1.165, 1.54) is 6.33 Å². The fourth-order valence-corrected chi connectivity index (χ4v) is 1.56. The minimum atomic E-state index is 0.807. The Hall–Kier alpha value is -1.24. The first-order valence-electron chi connectivity index (χ1n) is 4.40. The van der Waals surface area contributed by atoms with Crippen molar-refractivity contribution in [3.05, 3.63) is 40.1 Å². The molecule has 0 atom stereocenters. The fraction of sp³-hybridized carbons (Fsp3) is 0.100. The zero-order valence-corrected chi connectivity index (χ0v) is 10.3. The average molecular weight is 312 g/mol. The van der Waals surface area contributed by atoms with Gasteiger partial charge in [0.05, 0.1) is 15.5 Å². The fourth-order valence-electron chi connectivity index (χ4n) is 1.13. The minimum Gasteiger partial charge on any atom is -0.338 e. The van der Waals surface area contributed by atoms with Gasteiger partial charge < -0.3 is 5.32 Å². The molecule has 2 rings (SSSR count). The van der Waals surface area contributed by atoms with Crippen LogP contribution in [0.3, 0.4) is 0 Å². The Labute approximate surface area is 101 Å². The van der Waals surface area contributed by atoms with E-state index < -0.39 is 0 Å². The quantitative estimate of drug-likeness (QED) is 0.866. The van der Waals surface area contributed by atoms with E-state index in [4.69, 9.17) is 0 Å². The van der Waals surface area contributed by atoms with Crippen LogP contribution >= 0.6 is 22.6 Å². The van der Waals surface area contributed by atoms with Gasteiger partial charge in [0.1, 0.15) is 12.1 Å². The van der Waals surface area contributed by atoms with E-state index in [1.54, 1.807) is 18.6 Å². The van der Waals surface area contributed by atoms with E-state index in [1.807, 2.05) is 13.0 Å². The van der Waals surface area contributed by atoms with E-state index in [0.29, 0.717) is 0 Å². The molecular formula is C10H9IN4. The molecule has 1 N–H and O–H groups in total. The Kier molecular flexibility index (Phi) is 3.10. The Balaban J connectivity index is 2.30. The normalized spacial score (nSPS) is 10.0. The van der Waals surface area contributed by atoms with Crippen molar-refractivity contribution in [3.63, 3.8) is 0 Å². The van der Waals surface area contributed by atoms with Crippen molar-refractivity contribution in [1.82, 2.24) is 15.0 Å². The molecule has 0 unspecified atom stereocenters. The van der Waals surface area contributed by atoms with Crippen molar-refractivity contribution in [1.29, 1.82) is 0 Å². The van der Waals surface area contributed by atoms with Crippen molar-refractivity contribution in [2.75, 3.05) is 5.32 Å². The number of halogens is 1. The maximum absolute atomic E-state index is 4.16. The number of aryl methyl sites for hydroxylation is 1. The molecule has 2 aromatic heterocycles. The lowest BCUT2D eigenvalue weighted by Gasteiger charge is -2.08. The number of aromatic nitrogens is 3. The second kappa shape index (κ2) is 4.52. The van der Waals surface area contributed by atoms with E-state index in [2.05, 4.69) is 42.9 Å². The van der Waals surface area contributed by atoms with E-state index in [9.17, 15) is 0 Å². The standard InChI is InChI=1S/C10H9IN4/c1-7-2-3-12-5-9(7)15-10-8(11)4-13-6-14-10/h2-6H,1H3,(H,13,14,15). The maximum atomic E-state index is 4.16. The van der Waals surface area contributed by atoms with Gasteiger partial charge in [-0.1, -0.05) is 0 Å². The highest BCUT2D eigenvalue weighted by molar-refractivity contribution is 14.1. The summed E-state index contributed by atoms with van der Waals surface area (Å²) < 4.78 is 0.985. The molecule has 5 heteroatoms. The molecule has 2 heterocycles. The highest BCUT2D eigenvalue weighted by Gasteiger charge is 2.02. The Morgan fingerprint density at radius 1 is 1.27 bits per heavy atom. The van der Waals surface area contributed by atoms with Crippen molar-refractivity contribution >= 4 is 34.1 Å². The van der Waals surface area contributed by atoms with Crippen LogP contribution in [-0.4, -0.2) is 15.0 Å². The third kappa shape index (κ3) is 2.41. The molecule has 0 saturated heterocycles. The van der Waals surface area contributed by atoms with Gasteiger partial charge in [-0.05, 0) is 41.1 Å². The van der Waals surface area contributed by atoms with Crippen molar-refractivity contribution in [2.45, 2.75) is 6.92 Å². The van der Waals surface area contributed by atoms with Gasteiger partial charge in [0, 0.05) is 12.4 Å². The van der Waals surface area contributed by atoms with Gasteiger partial charge in [0.2, 0.25) is 0 Å². The number of nitrogens with one attached hydrogen (secondary N) is 1. The zero-order chi connectivity index (χ0) is 10.7. The first kappa shape index (κ1) is 10.3. The largest absolute Gasteiger partial charge is 0.338 e. The summed E-state index contributed by atoms with van der Waals surface area (Å²) in [6.45, 7) is 2.03. The van der Waals surface area contributed by atoms with Gasteiger partial charge in [-0.15, -0.1) is 0 Å². The number of pyridine rings is 1. The average Bonchev–Trinajstić information content (AvgIpc) is 2.24. The number of hydrogen-bond donors (Lipinski definition) is 1. The monoisotopic (exact) mass is 312 g/mol. The van der Waals surface area contributed by atoms with E-state index in [0.717, 1.165) is 20.6 Å². The van der Waals surface area contributed by atoms with Crippen LogP contribution in [0.5, 0.6) is 0 Å². The number of anilines is 2. The lowest BCUT2D eigenvalue weighted by atomic mass is 10.2. The molecule has 0 aliphatic rings. The van der Waals surface area contributed by atoms with Crippen LogP contribution in [0.15, 0.2) is 31.0 Å². The van der Waals surface area contributed by atoms with Crippen LogP contribution in [-0.2, 0) is 0 Å². The summed E-state index contributed by atoms with van der Waals surface area (Å²) in [5.74, 6) is 0.807. The predicted octanol–water partition coefficient (Wildman–Crippen LogP) is 2.53. The highest BCUT2D eigenvalue weighted by atomic mass is 127. The van der Waals surface area contributed by atoms with Gasteiger partial charge >= 0.3 is 0 Å². The van der Waals surface area contributed by atoms with Gasteiger partial charge in [0.15, 0.2) is 0 Å². The van der Waals surface area contributed by atoms with Crippen LogP contribution in [0.2, 0.25) is 0 Å². The Bertz CT molecular complexity index is 429. The first-order valence-corrected chi connectivity index (χ1v) is 5.48. The molecule has 15 heavy (non-hydrogen) atoms. The second-order valence-corrected chi connectivity index (χ2v) is 4.20. The third-order valence-electron chi connectivity index (χ3n) is 1.96. The highest BCUT2D eigenvalue weighted by Crippen LogP contribution is 2.20. The summed E-state index contributed by atoms with van der Waals surface area (Å²) in [7, 11) is 0. The van der Waals surface area contributed by atoms with Gasteiger partial charge in [-0.3, -0.25) is 4.98 Å². The first-order chi connectivity index (χ1) is 7.27. The molecule has 0 aromatic carbocycles. The van der Waals surface area contributed by atoms with Gasteiger partial charge in [-0.2, -0.15) is 0 Å². The number of hydrogen-bond acceptors (Lipinski definition) is 4. The summed E-state index contributed by atoms with van der Waals surface area (Å²) in [4.78, 5) is 12.2. The van der Waals surface area contributed by atoms with Crippen LogP contribution in [0, 0.1) is 10.5 Å². The van der Waals surface area contributed by atoms with Crippen molar-refractivity contribution in [2.24, 2.45) is 0 Å². The summed E-state index contributed by atoms with van der Waals surface area (Å²) >= 11 is 2.19. The smallest absolute Gasteiger partial charge is 0.147 e. The molecule has 0 fully saturated rings. The van der Waals surface area contributed by atoms with Gasteiger partial charge in [0.25, 0.3) is 0 Å². The topological polar surface area (TPSA) is 50.7 Å². The van der Waals surface area contributed by atoms with Crippen LogP contribution < -0.4 is 5.32 Å². The second-order valence-electron chi connectivity index (χ2n) is 3.03. The summed E-state index contributed by atoms with van der Waals surface area (Å²) in [6, 6.07) is 1.95. The molecule has 0 amide bonds. The molecular weight excluding hydrogens is 303 g/mol. The third-order valence-corrected chi connectivity index (χ3v) is 2.75. The van der Waals surface area contributed by atoms with E-state index in [-0.39, 0.29) is 0 Å². The lowest BCUT2D eigenvalue weighted by Crippen LogP contribution is -1.98. The molecule has 0 spiro atoms. The molecule has 2 aromatic rings. The molecule has 0 bridgehead atoms. The minimum absolute atomic E-state index is 0.807. The number of rotatable bonds is 2. The molecule has 0 aliphatic heterocycles. The maximum Gasteiger partial charge on any atom is 0.147 e.